The Labute approximate surface area is 75.2 Å². The predicted molar refractivity (Wildman–Crippen MR) is 55.9 cm³/mol. The predicted octanol–water partition coefficient (Wildman–Crippen LogP) is 3.06. The molecule has 0 heterocycles. The number of hydrogen-bond donors (Lipinski definition) is 0. The summed E-state index contributed by atoms with van der Waals surface area (Å²) in [5, 5.41) is 0. The van der Waals surface area contributed by atoms with E-state index in [1.54, 1.807) is 0 Å². The number of hydrogen-bond acceptors (Lipinski definition) is 0. The zero-order valence-corrected chi connectivity index (χ0v) is 8.79. The van der Waals surface area contributed by atoms with E-state index in [1.165, 1.54) is 0 Å². The van der Waals surface area contributed by atoms with Gasteiger partial charge in [-0.2, -0.15) is 0 Å². The zero-order valence-electron chi connectivity index (χ0n) is 4.48. The highest BCUT2D eigenvalue weighted by atomic mass is 128. The van der Waals surface area contributed by atoms with Gasteiger partial charge in [-0.15, -0.1) is 0 Å². The molecule has 0 saturated carbocycles. The lowest BCUT2D eigenvalue weighted by atomic mass is 9.86. The van der Waals surface area contributed by atoms with Crippen LogP contribution in [0.5, 0.6) is 0 Å². The molecule has 0 aromatic heterocycles. The van der Waals surface area contributed by atoms with Gasteiger partial charge in [0.1, 0.15) is 0 Å². The minimum atomic E-state index is 0.435. The van der Waals surface area contributed by atoms with Gasteiger partial charge in [-0.1, -0.05) is 18.0 Å². The van der Waals surface area contributed by atoms with E-state index in [0.717, 1.165) is 12.8 Å². The largest absolute Gasteiger partial charge is 0.0890 e. The second-order valence-electron chi connectivity index (χ2n) is 1.70. The lowest BCUT2D eigenvalue weighted by Crippen LogP contribution is -1.78. The van der Waals surface area contributed by atoms with E-state index in [9.17, 15) is 0 Å². The minimum Gasteiger partial charge on any atom is -0.0890 e. The van der Waals surface area contributed by atoms with Gasteiger partial charge < -0.3 is 0 Å². The molecule has 0 nitrogen and oxygen atoms in total. The van der Waals surface area contributed by atoms with Crippen molar-refractivity contribution in [3.8, 4) is 0 Å². The molecule has 0 N–H and O–H groups in total. The van der Waals surface area contributed by atoms with Gasteiger partial charge in [-0.3, -0.25) is 0 Å². The van der Waals surface area contributed by atoms with Crippen LogP contribution in [0.3, 0.4) is 0 Å². The lowest BCUT2D eigenvalue weighted by molar-refractivity contribution is 0.922. The highest BCUT2D eigenvalue weighted by Crippen LogP contribution is 2.18. The van der Waals surface area contributed by atoms with Crippen molar-refractivity contribution >= 4 is 45.1 Å². The average Bonchev–Trinajstić information content (AvgIpc) is 2.24. The summed E-state index contributed by atoms with van der Waals surface area (Å²) < 4.78 is 0. The van der Waals surface area contributed by atoms with Crippen LogP contribution < -0.4 is 0 Å². The smallest absolute Gasteiger partial charge is 0.0707 e. The van der Waals surface area contributed by atoms with Gasteiger partial charge in [0.15, 0.2) is 0 Å². The molecule has 0 aromatic rings. The van der Waals surface area contributed by atoms with Crippen LogP contribution in [0.25, 0.3) is 0 Å². The Morgan fingerprint density at radius 1 is 1.25 bits per heavy atom. The van der Waals surface area contributed by atoms with E-state index in [2.05, 4.69) is 49.4 Å². The Morgan fingerprint density at radius 2 is 1.62 bits per heavy atom. The molecule has 3 heteroatoms. The maximum absolute atomic E-state index is 5.47. The van der Waals surface area contributed by atoms with Crippen molar-refractivity contribution in [3.63, 3.8) is 0 Å². The van der Waals surface area contributed by atoms with Crippen molar-refractivity contribution in [1.29, 1.82) is 0 Å². The molecule has 0 atom stereocenters. The first kappa shape index (κ1) is 9.26. The molecule has 0 bridgehead atoms. The normalized spacial score (nSPS) is 17.8. The summed E-state index contributed by atoms with van der Waals surface area (Å²) in [5.74, 6) is 0.435. The van der Waals surface area contributed by atoms with E-state index >= 15 is 0 Å². The maximum atomic E-state index is 5.47. The van der Waals surface area contributed by atoms with Crippen LogP contribution in [0.4, 0.5) is 0 Å². The molecular weight excluding hydrogens is 325 g/mol. The van der Waals surface area contributed by atoms with Gasteiger partial charge >= 0.3 is 0 Å². The summed E-state index contributed by atoms with van der Waals surface area (Å²) in [6.45, 7) is 0. The topological polar surface area (TPSA) is 0 Å². The van der Waals surface area contributed by atoms with E-state index in [1.807, 2.05) is 0 Å². The van der Waals surface area contributed by atoms with Crippen LogP contribution in [0.1, 0.15) is 12.8 Å². The van der Waals surface area contributed by atoms with E-state index in [0.29, 0.717) is 5.82 Å². The van der Waals surface area contributed by atoms with Crippen LogP contribution in [0.2, 0.25) is 5.82 Å². The van der Waals surface area contributed by atoms with Crippen molar-refractivity contribution in [2.24, 2.45) is 0 Å². The molecule has 0 fully saturated rings. The molecule has 8 heavy (non-hydrogen) atoms. The summed E-state index contributed by atoms with van der Waals surface area (Å²) in [7, 11) is 5.47. The third kappa shape index (κ3) is 4.17. The highest BCUT2D eigenvalue weighted by Gasteiger charge is 1.99. The van der Waals surface area contributed by atoms with Gasteiger partial charge in [-0.25, -0.2) is 0 Å². The Hall–Kier alpha value is 1.26. The van der Waals surface area contributed by atoms with Crippen LogP contribution in [0, 0.1) is 0 Å². The Kier molecular flexibility index (Phi) is 7.40. The van der Waals surface area contributed by atoms with E-state index in [4.69, 9.17) is 7.85 Å². The van der Waals surface area contributed by atoms with Crippen LogP contribution in [-0.4, -0.2) is 7.85 Å². The third-order valence-corrected chi connectivity index (χ3v) is 1.04. The van der Waals surface area contributed by atoms with Crippen LogP contribution in [0.15, 0.2) is 12.2 Å². The lowest BCUT2D eigenvalue weighted by Gasteiger charge is -1.92. The monoisotopic (exact) mass is 332 g/mol. The van der Waals surface area contributed by atoms with Crippen LogP contribution in [-0.2, 0) is 0 Å². The first-order valence-electron chi connectivity index (χ1n) is 2.44. The van der Waals surface area contributed by atoms with Crippen molar-refractivity contribution in [2.45, 2.75) is 18.7 Å². The minimum absolute atomic E-state index is 0.435. The molecule has 0 spiro atoms. The van der Waals surface area contributed by atoms with E-state index < -0.39 is 0 Å². The molecule has 0 aromatic carbocycles. The fourth-order valence-corrected chi connectivity index (χ4v) is 0.638. The Balaban J connectivity index is 0.000000222. The molecule has 0 aliphatic heterocycles. The number of rotatable bonds is 0. The van der Waals surface area contributed by atoms with Gasteiger partial charge in [0.25, 0.3) is 0 Å². The second kappa shape index (κ2) is 6.39. The first-order chi connectivity index (χ1) is 3.89. The summed E-state index contributed by atoms with van der Waals surface area (Å²) in [4.78, 5) is 0. The molecule has 1 aliphatic rings. The Morgan fingerprint density at radius 3 is 1.75 bits per heavy atom. The zero-order chi connectivity index (χ0) is 6.41. The van der Waals surface area contributed by atoms with Crippen molar-refractivity contribution in [2.75, 3.05) is 0 Å². The standard InChI is InChI=1S/C5H7B.I2/c6-5-3-1-2-4-5;1-2/h1-2,5H,3-4H2;. The summed E-state index contributed by atoms with van der Waals surface area (Å²) in [6.07, 6.45) is 6.43. The maximum Gasteiger partial charge on any atom is 0.0707 e. The van der Waals surface area contributed by atoms with E-state index in [-0.39, 0.29) is 0 Å². The Bertz CT molecular complexity index is 64.8. The average molecular weight is 332 g/mol. The second-order valence-corrected chi connectivity index (χ2v) is 1.70. The molecule has 1 rings (SSSR count). The number of halogens is 2. The SMILES string of the molecule is II.[B]C1CC=CC1. The van der Waals surface area contributed by atoms with Gasteiger partial charge in [-0.05, 0) is 12.8 Å². The molecule has 0 saturated heterocycles. The van der Waals surface area contributed by atoms with Crippen molar-refractivity contribution in [1.82, 2.24) is 0 Å². The molecule has 0 amide bonds. The van der Waals surface area contributed by atoms with Gasteiger partial charge in [0, 0.05) is 37.2 Å². The quantitative estimate of drug-likeness (QED) is 0.363. The van der Waals surface area contributed by atoms with Gasteiger partial charge in [0.05, 0.1) is 7.85 Å². The van der Waals surface area contributed by atoms with Gasteiger partial charge in [0.2, 0.25) is 0 Å². The van der Waals surface area contributed by atoms with Crippen LogP contribution >= 0.6 is 37.2 Å². The molecule has 1 aliphatic carbocycles. The van der Waals surface area contributed by atoms with Crippen molar-refractivity contribution < 1.29 is 0 Å². The molecule has 0 unspecified atom stereocenters. The summed E-state index contributed by atoms with van der Waals surface area (Å²) in [6, 6.07) is 0. The first-order valence-corrected chi connectivity index (χ1v) is 8.73. The molecule has 2 radical (unpaired) electrons. The van der Waals surface area contributed by atoms with Crippen molar-refractivity contribution in [3.05, 3.63) is 12.2 Å². The molecular formula is C5H7BI2. The third-order valence-electron chi connectivity index (χ3n) is 1.04. The fraction of sp³-hybridized carbons (Fsp3) is 0.600. The summed E-state index contributed by atoms with van der Waals surface area (Å²) in [5.41, 5.74) is 0. The highest BCUT2D eigenvalue weighted by molar-refractivity contribution is 15.0. The molecule has 44 valence electrons. The fourth-order valence-electron chi connectivity index (χ4n) is 0.638. The summed E-state index contributed by atoms with van der Waals surface area (Å²) >= 11 is 4.24. The number of allylic oxidation sites excluding steroid dienone is 2.